The largest absolute Gasteiger partial charge is 0.303 e. The maximum absolute atomic E-state index is 12.4. The highest BCUT2D eigenvalue weighted by atomic mass is 127. The van der Waals surface area contributed by atoms with E-state index in [1.54, 1.807) is 24.3 Å². The number of sulfonamides is 1. The molecule has 0 spiro atoms. The molecule has 1 atom stereocenters. The Morgan fingerprint density at radius 3 is 2.56 bits per heavy atom. The van der Waals surface area contributed by atoms with Crippen LogP contribution in [0, 0.1) is 9.49 Å². The van der Waals surface area contributed by atoms with E-state index in [0.717, 1.165) is 22.7 Å². The fraction of sp³-hybridized carbons (Fsp3) is 0.417. The van der Waals surface area contributed by atoms with Crippen molar-refractivity contribution in [3.05, 3.63) is 27.8 Å². The first-order chi connectivity index (χ1) is 8.54. The highest BCUT2D eigenvalue weighted by Gasteiger charge is 2.29. The summed E-state index contributed by atoms with van der Waals surface area (Å²) in [5.74, 6) is -0.169. The van der Waals surface area contributed by atoms with Crippen LogP contribution in [0.3, 0.4) is 0 Å². The SMILES string of the molecule is O=CC1CCCN(S(=O)(=O)c2ccc(I)cc2)C1. The molecule has 0 amide bonds. The molecular weight excluding hydrogens is 365 g/mol. The van der Waals surface area contributed by atoms with Crippen LogP contribution in [0.1, 0.15) is 12.8 Å². The summed E-state index contributed by atoms with van der Waals surface area (Å²) >= 11 is 2.13. The Labute approximate surface area is 121 Å². The summed E-state index contributed by atoms with van der Waals surface area (Å²) in [6.07, 6.45) is 2.38. The molecule has 1 unspecified atom stereocenters. The van der Waals surface area contributed by atoms with Crippen molar-refractivity contribution in [1.29, 1.82) is 0 Å². The van der Waals surface area contributed by atoms with Crippen molar-refractivity contribution in [3.63, 3.8) is 0 Å². The van der Waals surface area contributed by atoms with Crippen molar-refractivity contribution in [2.75, 3.05) is 13.1 Å². The standard InChI is InChI=1S/C12H14INO3S/c13-11-3-5-12(6-4-11)18(16,17)14-7-1-2-10(8-14)9-15/h3-6,9-10H,1-2,7-8H2. The molecule has 0 saturated carbocycles. The van der Waals surface area contributed by atoms with Crippen molar-refractivity contribution in [3.8, 4) is 0 Å². The van der Waals surface area contributed by atoms with Crippen molar-refractivity contribution >= 4 is 38.9 Å². The summed E-state index contributed by atoms with van der Waals surface area (Å²) in [5.41, 5.74) is 0. The monoisotopic (exact) mass is 379 g/mol. The molecule has 0 aromatic heterocycles. The maximum atomic E-state index is 12.4. The van der Waals surface area contributed by atoms with Crippen molar-refractivity contribution in [2.45, 2.75) is 17.7 Å². The van der Waals surface area contributed by atoms with Crippen LogP contribution in [0.2, 0.25) is 0 Å². The fourth-order valence-corrected chi connectivity index (χ4v) is 3.95. The van der Waals surface area contributed by atoms with Gasteiger partial charge in [0, 0.05) is 22.6 Å². The molecule has 2 rings (SSSR count). The van der Waals surface area contributed by atoms with Gasteiger partial charge in [-0.25, -0.2) is 8.42 Å². The quantitative estimate of drug-likeness (QED) is 0.596. The lowest BCUT2D eigenvalue weighted by Gasteiger charge is -2.29. The molecule has 1 heterocycles. The number of piperidine rings is 1. The van der Waals surface area contributed by atoms with Gasteiger partial charge in [0.1, 0.15) is 6.29 Å². The van der Waals surface area contributed by atoms with E-state index in [2.05, 4.69) is 22.6 Å². The van der Waals surface area contributed by atoms with Gasteiger partial charge in [0.25, 0.3) is 0 Å². The van der Waals surface area contributed by atoms with Crippen LogP contribution in [-0.4, -0.2) is 32.1 Å². The highest BCUT2D eigenvalue weighted by molar-refractivity contribution is 14.1. The Hall–Kier alpha value is -0.470. The second kappa shape index (κ2) is 5.66. The number of carbonyl (C=O) groups excluding carboxylic acids is 1. The first kappa shape index (κ1) is 14.0. The average Bonchev–Trinajstić information content (AvgIpc) is 2.39. The topological polar surface area (TPSA) is 54.5 Å². The van der Waals surface area contributed by atoms with Crippen LogP contribution < -0.4 is 0 Å². The molecule has 1 aliphatic rings. The molecule has 0 N–H and O–H groups in total. The first-order valence-corrected chi connectivity index (χ1v) is 8.27. The molecule has 1 aromatic carbocycles. The summed E-state index contributed by atoms with van der Waals surface area (Å²) in [4.78, 5) is 11.1. The zero-order valence-electron chi connectivity index (χ0n) is 9.75. The van der Waals surface area contributed by atoms with Crippen LogP contribution in [0.5, 0.6) is 0 Å². The second-order valence-electron chi connectivity index (χ2n) is 4.36. The second-order valence-corrected chi connectivity index (χ2v) is 7.54. The van der Waals surface area contributed by atoms with Crippen LogP contribution in [0.4, 0.5) is 0 Å². The summed E-state index contributed by atoms with van der Waals surface area (Å²) in [5, 5.41) is 0. The Morgan fingerprint density at radius 2 is 1.94 bits per heavy atom. The van der Waals surface area contributed by atoms with Crippen molar-refractivity contribution in [2.24, 2.45) is 5.92 Å². The molecule has 1 fully saturated rings. The van der Waals surface area contributed by atoms with E-state index < -0.39 is 10.0 Å². The van der Waals surface area contributed by atoms with E-state index in [-0.39, 0.29) is 5.92 Å². The zero-order valence-corrected chi connectivity index (χ0v) is 12.7. The summed E-state index contributed by atoms with van der Waals surface area (Å²) < 4.78 is 27.1. The zero-order chi connectivity index (χ0) is 13.2. The Balaban J connectivity index is 2.25. The van der Waals surface area contributed by atoms with Gasteiger partial charge in [-0.2, -0.15) is 4.31 Å². The smallest absolute Gasteiger partial charge is 0.243 e. The minimum atomic E-state index is -3.45. The molecule has 6 heteroatoms. The summed E-state index contributed by atoms with van der Waals surface area (Å²) in [6, 6.07) is 6.77. The molecule has 98 valence electrons. The van der Waals surface area contributed by atoms with Gasteiger partial charge in [0.15, 0.2) is 0 Å². The molecule has 1 aliphatic heterocycles. The number of hydrogen-bond acceptors (Lipinski definition) is 3. The average molecular weight is 379 g/mol. The Morgan fingerprint density at radius 1 is 1.28 bits per heavy atom. The summed E-state index contributed by atoms with van der Waals surface area (Å²) in [7, 11) is -3.45. The van der Waals surface area contributed by atoms with Gasteiger partial charge in [0.05, 0.1) is 4.90 Å². The number of hydrogen-bond donors (Lipinski definition) is 0. The molecule has 0 aliphatic carbocycles. The fourth-order valence-electron chi connectivity index (χ4n) is 2.06. The lowest BCUT2D eigenvalue weighted by Crippen LogP contribution is -2.40. The third-order valence-electron chi connectivity index (χ3n) is 3.06. The van der Waals surface area contributed by atoms with Crippen LogP contribution >= 0.6 is 22.6 Å². The van der Waals surface area contributed by atoms with Gasteiger partial charge in [-0.1, -0.05) is 0 Å². The number of carbonyl (C=O) groups is 1. The maximum Gasteiger partial charge on any atom is 0.243 e. The normalized spacial score (nSPS) is 21.7. The van der Waals surface area contributed by atoms with Gasteiger partial charge < -0.3 is 4.79 Å². The predicted molar refractivity (Wildman–Crippen MR) is 76.7 cm³/mol. The van der Waals surface area contributed by atoms with Gasteiger partial charge in [-0.05, 0) is 59.7 Å². The Kier molecular flexibility index (Phi) is 4.39. The van der Waals surface area contributed by atoms with Crippen LogP contribution in [0.15, 0.2) is 29.2 Å². The van der Waals surface area contributed by atoms with E-state index in [1.165, 1.54) is 4.31 Å². The summed E-state index contributed by atoms with van der Waals surface area (Å²) in [6.45, 7) is 0.802. The van der Waals surface area contributed by atoms with Crippen LogP contribution in [0.25, 0.3) is 0 Å². The van der Waals surface area contributed by atoms with Gasteiger partial charge >= 0.3 is 0 Å². The van der Waals surface area contributed by atoms with Gasteiger partial charge in [-0.3, -0.25) is 0 Å². The van der Waals surface area contributed by atoms with Crippen molar-refractivity contribution in [1.82, 2.24) is 4.31 Å². The number of halogens is 1. The van der Waals surface area contributed by atoms with Crippen LogP contribution in [-0.2, 0) is 14.8 Å². The highest BCUT2D eigenvalue weighted by Crippen LogP contribution is 2.23. The van der Waals surface area contributed by atoms with Gasteiger partial charge in [-0.15, -0.1) is 0 Å². The minimum absolute atomic E-state index is 0.169. The Bertz CT molecular complexity index is 527. The predicted octanol–water partition coefficient (Wildman–Crippen LogP) is 1.89. The van der Waals surface area contributed by atoms with E-state index in [1.807, 2.05) is 0 Å². The first-order valence-electron chi connectivity index (χ1n) is 5.75. The number of aldehydes is 1. The third kappa shape index (κ3) is 2.92. The molecular formula is C12H14INO3S. The molecule has 0 bridgehead atoms. The van der Waals surface area contributed by atoms with Crippen molar-refractivity contribution < 1.29 is 13.2 Å². The molecule has 18 heavy (non-hydrogen) atoms. The van der Waals surface area contributed by atoms with E-state index >= 15 is 0 Å². The van der Waals surface area contributed by atoms with Gasteiger partial charge in [0.2, 0.25) is 10.0 Å². The minimum Gasteiger partial charge on any atom is -0.303 e. The van der Waals surface area contributed by atoms with E-state index in [0.29, 0.717) is 18.0 Å². The number of benzene rings is 1. The number of rotatable bonds is 3. The van der Waals surface area contributed by atoms with E-state index in [9.17, 15) is 13.2 Å². The van der Waals surface area contributed by atoms with E-state index in [4.69, 9.17) is 0 Å². The lowest BCUT2D eigenvalue weighted by atomic mass is 10.0. The lowest BCUT2D eigenvalue weighted by molar-refractivity contribution is -0.112. The molecule has 1 saturated heterocycles. The number of nitrogens with zero attached hydrogens (tertiary/aromatic N) is 1. The third-order valence-corrected chi connectivity index (χ3v) is 5.66. The molecule has 0 radical (unpaired) electrons. The molecule has 4 nitrogen and oxygen atoms in total. The molecule has 1 aromatic rings.